The van der Waals surface area contributed by atoms with Crippen LogP contribution in [0.3, 0.4) is 0 Å². The fraction of sp³-hybridized carbons (Fsp3) is 0.312. The summed E-state index contributed by atoms with van der Waals surface area (Å²) in [5.74, 6) is 0. The molecule has 4 rings (SSSR count). The molecule has 23 heavy (non-hydrogen) atoms. The van der Waals surface area contributed by atoms with Crippen LogP contribution in [0.1, 0.15) is 25.3 Å². The van der Waals surface area contributed by atoms with Crippen LogP contribution in [-0.2, 0) is 0 Å². The van der Waals surface area contributed by atoms with Crippen molar-refractivity contribution in [2.75, 3.05) is 0 Å². The van der Waals surface area contributed by atoms with Crippen LogP contribution >= 0.6 is 0 Å². The van der Waals surface area contributed by atoms with Crippen LogP contribution in [0.2, 0.25) is 0 Å². The molecule has 3 heterocycles. The van der Waals surface area contributed by atoms with Crippen molar-refractivity contribution in [3.05, 3.63) is 31.0 Å². The molecular formula is C16H13N7. The molecule has 0 saturated heterocycles. The summed E-state index contributed by atoms with van der Waals surface area (Å²) in [6.45, 7) is 0. The van der Waals surface area contributed by atoms with Gasteiger partial charge in [0.1, 0.15) is 12.0 Å². The first kappa shape index (κ1) is 13.5. The lowest BCUT2D eigenvalue weighted by atomic mass is 9.65. The number of hydrogen-bond acceptors (Lipinski definition) is 5. The molecule has 1 fully saturated rings. The van der Waals surface area contributed by atoms with Gasteiger partial charge >= 0.3 is 0 Å². The monoisotopic (exact) mass is 303 g/mol. The predicted molar refractivity (Wildman–Crippen MR) is 81.7 cm³/mol. The van der Waals surface area contributed by atoms with Gasteiger partial charge in [-0.15, -0.1) is 0 Å². The van der Waals surface area contributed by atoms with Gasteiger partial charge in [0.25, 0.3) is 0 Å². The Balaban J connectivity index is 1.61. The summed E-state index contributed by atoms with van der Waals surface area (Å²) < 4.78 is 1.88. The quantitative estimate of drug-likeness (QED) is 0.800. The van der Waals surface area contributed by atoms with Gasteiger partial charge in [0.05, 0.1) is 41.9 Å². The molecule has 0 atom stereocenters. The van der Waals surface area contributed by atoms with E-state index in [1.807, 2.05) is 23.1 Å². The Morgan fingerprint density at radius 3 is 3.00 bits per heavy atom. The van der Waals surface area contributed by atoms with E-state index in [-0.39, 0.29) is 12.5 Å². The third-order valence-corrected chi connectivity index (χ3v) is 4.51. The molecule has 7 nitrogen and oxygen atoms in total. The third kappa shape index (κ3) is 2.06. The molecule has 112 valence electrons. The summed E-state index contributed by atoms with van der Waals surface area (Å²) in [5, 5.41) is 23.5. The lowest BCUT2D eigenvalue weighted by molar-refractivity contribution is 0.118. The summed E-state index contributed by atoms with van der Waals surface area (Å²) in [6, 6.07) is 6.51. The molecular weight excluding hydrogens is 290 g/mol. The molecule has 0 amide bonds. The van der Waals surface area contributed by atoms with E-state index >= 15 is 0 Å². The fourth-order valence-electron chi connectivity index (χ4n) is 3.22. The van der Waals surface area contributed by atoms with E-state index in [2.05, 4.69) is 32.2 Å². The van der Waals surface area contributed by atoms with E-state index in [0.717, 1.165) is 22.3 Å². The highest BCUT2D eigenvalue weighted by atomic mass is 15.3. The molecule has 1 N–H and O–H groups in total. The number of H-pyrrole nitrogens is 1. The van der Waals surface area contributed by atoms with Crippen molar-refractivity contribution in [1.29, 1.82) is 10.5 Å². The Kier molecular flexibility index (Phi) is 2.88. The molecule has 0 aliphatic heterocycles. The molecule has 1 aliphatic rings. The standard InChI is InChI=1S/C16H13N7/c17-3-2-16(9-18)5-12(6-16)23-8-11(7-22-23)14-13-1-4-19-15(13)21-10-20-14/h1,4,7-8,10,12H,2,5-6H2,(H,19,20,21). The summed E-state index contributed by atoms with van der Waals surface area (Å²) >= 11 is 0. The maximum absolute atomic E-state index is 9.26. The van der Waals surface area contributed by atoms with Gasteiger partial charge in [0.2, 0.25) is 0 Å². The Bertz CT molecular complexity index is 947. The van der Waals surface area contributed by atoms with Crippen molar-refractivity contribution in [2.45, 2.75) is 25.3 Å². The number of fused-ring (bicyclic) bond motifs is 1. The number of nitriles is 2. The number of hydrogen-bond donors (Lipinski definition) is 1. The van der Waals surface area contributed by atoms with E-state index in [0.29, 0.717) is 12.8 Å². The molecule has 3 aromatic rings. The average molecular weight is 303 g/mol. The lowest BCUT2D eigenvalue weighted by Gasteiger charge is -2.41. The molecule has 0 unspecified atom stereocenters. The Morgan fingerprint density at radius 2 is 2.22 bits per heavy atom. The first-order chi connectivity index (χ1) is 11.2. The van der Waals surface area contributed by atoms with Gasteiger partial charge in [-0.25, -0.2) is 9.97 Å². The number of nitrogens with one attached hydrogen (secondary N) is 1. The van der Waals surface area contributed by atoms with Crippen molar-refractivity contribution >= 4 is 11.0 Å². The number of aromatic amines is 1. The highest BCUT2D eigenvalue weighted by Crippen LogP contribution is 2.50. The van der Waals surface area contributed by atoms with Crippen LogP contribution < -0.4 is 0 Å². The smallest absolute Gasteiger partial charge is 0.141 e. The molecule has 0 radical (unpaired) electrons. The van der Waals surface area contributed by atoms with Crippen LogP contribution in [0.5, 0.6) is 0 Å². The maximum Gasteiger partial charge on any atom is 0.141 e. The van der Waals surface area contributed by atoms with Crippen LogP contribution in [0.15, 0.2) is 31.0 Å². The highest BCUT2D eigenvalue weighted by Gasteiger charge is 2.46. The van der Waals surface area contributed by atoms with Crippen molar-refractivity contribution in [2.24, 2.45) is 5.41 Å². The SMILES string of the molecule is N#CCC1(C#N)CC(n2cc(-c3ncnc4[nH]ccc34)cn2)C1. The summed E-state index contributed by atoms with van der Waals surface area (Å²) in [7, 11) is 0. The number of aromatic nitrogens is 5. The van der Waals surface area contributed by atoms with Crippen molar-refractivity contribution in [3.8, 4) is 23.4 Å². The zero-order valence-electron chi connectivity index (χ0n) is 12.3. The second kappa shape index (κ2) is 4.92. The van der Waals surface area contributed by atoms with Gasteiger partial charge in [-0.05, 0) is 18.9 Å². The predicted octanol–water partition coefficient (Wildman–Crippen LogP) is 2.58. The highest BCUT2D eigenvalue weighted by molar-refractivity contribution is 5.89. The zero-order chi connectivity index (χ0) is 15.9. The molecule has 3 aromatic heterocycles. The van der Waals surface area contributed by atoms with Crippen LogP contribution in [0.25, 0.3) is 22.3 Å². The fourth-order valence-corrected chi connectivity index (χ4v) is 3.22. The molecule has 0 spiro atoms. The third-order valence-electron chi connectivity index (χ3n) is 4.51. The zero-order valence-corrected chi connectivity index (χ0v) is 12.3. The van der Waals surface area contributed by atoms with Gasteiger partial charge in [-0.1, -0.05) is 0 Å². The topological polar surface area (TPSA) is 107 Å². The van der Waals surface area contributed by atoms with Crippen molar-refractivity contribution < 1.29 is 0 Å². The van der Waals surface area contributed by atoms with E-state index in [4.69, 9.17) is 5.26 Å². The minimum Gasteiger partial charge on any atom is -0.346 e. The Hall–Kier alpha value is -3.19. The van der Waals surface area contributed by atoms with Gasteiger partial charge in [-0.2, -0.15) is 15.6 Å². The van der Waals surface area contributed by atoms with Gasteiger partial charge in [0, 0.05) is 23.3 Å². The minimum atomic E-state index is -0.506. The van der Waals surface area contributed by atoms with E-state index in [1.54, 1.807) is 6.20 Å². The molecule has 7 heteroatoms. The van der Waals surface area contributed by atoms with Crippen LogP contribution in [0.4, 0.5) is 0 Å². The lowest BCUT2D eigenvalue weighted by Crippen LogP contribution is -2.37. The Labute approximate surface area is 132 Å². The second-order valence-electron chi connectivity index (χ2n) is 5.96. The summed E-state index contributed by atoms with van der Waals surface area (Å²) in [6.07, 6.45) is 8.72. The molecule has 1 aliphatic carbocycles. The molecule has 0 bridgehead atoms. The van der Waals surface area contributed by atoms with Gasteiger partial charge in [0.15, 0.2) is 0 Å². The average Bonchev–Trinajstić information content (AvgIpc) is 3.19. The van der Waals surface area contributed by atoms with Gasteiger partial charge < -0.3 is 4.98 Å². The number of nitrogens with zero attached hydrogens (tertiary/aromatic N) is 6. The van der Waals surface area contributed by atoms with Gasteiger partial charge in [-0.3, -0.25) is 4.68 Å². The molecule has 0 aromatic carbocycles. The second-order valence-corrected chi connectivity index (χ2v) is 5.96. The maximum atomic E-state index is 9.26. The number of rotatable bonds is 3. The normalized spacial score (nSPS) is 23.1. The first-order valence-corrected chi connectivity index (χ1v) is 7.35. The Morgan fingerprint density at radius 1 is 1.35 bits per heavy atom. The van der Waals surface area contributed by atoms with Crippen LogP contribution in [-0.4, -0.2) is 24.7 Å². The van der Waals surface area contributed by atoms with Crippen molar-refractivity contribution in [1.82, 2.24) is 24.7 Å². The first-order valence-electron chi connectivity index (χ1n) is 7.35. The summed E-state index contributed by atoms with van der Waals surface area (Å²) in [4.78, 5) is 11.6. The summed E-state index contributed by atoms with van der Waals surface area (Å²) in [5.41, 5.74) is 2.05. The van der Waals surface area contributed by atoms with E-state index < -0.39 is 5.41 Å². The largest absolute Gasteiger partial charge is 0.346 e. The molecule has 1 saturated carbocycles. The van der Waals surface area contributed by atoms with E-state index in [9.17, 15) is 5.26 Å². The minimum absolute atomic E-state index is 0.167. The van der Waals surface area contributed by atoms with Crippen LogP contribution in [0, 0.1) is 28.1 Å². The van der Waals surface area contributed by atoms with Crippen molar-refractivity contribution in [3.63, 3.8) is 0 Å². The van der Waals surface area contributed by atoms with E-state index in [1.165, 1.54) is 6.33 Å².